The van der Waals surface area contributed by atoms with E-state index in [9.17, 15) is 0 Å². The van der Waals surface area contributed by atoms with Crippen molar-refractivity contribution in [3.05, 3.63) is 41.0 Å². The van der Waals surface area contributed by atoms with Crippen LogP contribution >= 0.6 is 11.3 Å². The molecule has 2 heterocycles. The second kappa shape index (κ2) is 5.00. The maximum absolute atomic E-state index is 5.73. The fourth-order valence-electron chi connectivity index (χ4n) is 2.89. The SMILES string of the molecule is Nc1ccc(Nc2ncnc3sc4c(c23)CCCC4)cc1. The van der Waals surface area contributed by atoms with Gasteiger partial charge in [-0.15, -0.1) is 11.3 Å². The largest absolute Gasteiger partial charge is 0.399 e. The molecule has 1 aromatic carbocycles. The Kier molecular flexibility index (Phi) is 3.00. The summed E-state index contributed by atoms with van der Waals surface area (Å²) in [5, 5.41) is 4.61. The molecule has 0 atom stereocenters. The molecule has 0 radical (unpaired) electrons. The molecule has 1 aliphatic rings. The third-order valence-corrected chi connectivity index (χ3v) is 5.12. The number of nitrogens with one attached hydrogen (secondary N) is 1. The fourth-order valence-corrected chi connectivity index (χ4v) is 4.12. The van der Waals surface area contributed by atoms with E-state index in [-0.39, 0.29) is 0 Å². The van der Waals surface area contributed by atoms with Gasteiger partial charge in [-0.1, -0.05) is 0 Å². The molecule has 4 rings (SSSR count). The van der Waals surface area contributed by atoms with Gasteiger partial charge in [-0.2, -0.15) is 0 Å². The molecule has 0 fully saturated rings. The summed E-state index contributed by atoms with van der Waals surface area (Å²) in [4.78, 5) is 11.5. The van der Waals surface area contributed by atoms with Crippen molar-refractivity contribution in [3.63, 3.8) is 0 Å². The van der Waals surface area contributed by atoms with E-state index in [2.05, 4.69) is 15.3 Å². The van der Waals surface area contributed by atoms with E-state index in [1.807, 2.05) is 35.6 Å². The second-order valence-electron chi connectivity index (χ2n) is 5.36. The van der Waals surface area contributed by atoms with Crippen LogP contribution in [0.4, 0.5) is 17.2 Å². The van der Waals surface area contributed by atoms with Crippen molar-refractivity contribution in [2.45, 2.75) is 25.7 Å². The van der Waals surface area contributed by atoms with Crippen molar-refractivity contribution < 1.29 is 0 Å². The normalized spacial score (nSPS) is 14.1. The van der Waals surface area contributed by atoms with Gasteiger partial charge in [-0.25, -0.2) is 9.97 Å². The fraction of sp³-hybridized carbons (Fsp3) is 0.250. The number of hydrogen-bond acceptors (Lipinski definition) is 5. The van der Waals surface area contributed by atoms with Gasteiger partial charge in [0, 0.05) is 16.3 Å². The lowest BCUT2D eigenvalue weighted by Gasteiger charge is -2.12. The Morgan fingerprint density at radius 1 is 1.05 bits per heavy atom. The van der Waals surface area contributed by atoms with Crippen LogP contribution in [0.1, 0.15) is 23.3 Å². The van der Waals surface area contributed by atoms with Gasteiger partial charge in [-0.3, -0.25) is 0 Å². The average Bonchev–Trinajstić information content (AvgIpc) is 2.89. The lowest BCUT2D eigenvalue weighted by Crippen LogP contribution is -2.01. The number of nitrogen functional groups attached to an aromatic ring is 1. The summed E-state index contributed by atoms with van der Waals surface area (Å²) in [6.07, 6.45) is 6.50. The van der Waals surface area contributed by atoms with E-state index >= 15 is 0 Å². The summed E-state index contributed by atoms with van der Waals surface area (Å²) in [5.74, 6) is 0.907. The Morgan fingerprint density at radius 2 is 1.86 bits per heavy atom. The highest BCUT2D eigenvalue weighted by Gasteiger charge is 2.19. The zero-order valence-electron chi connectivity index (χ0n) is 11.6. The first kappa shape index (κ1) is 12.6. The summed E-state index contributed by atoms with van der Waals surface area (Å²) in [6, 6.07) is 7.73. The highest BCUT2D eigenvalue weighted by atomic mass is 32.1. The van der Waals surface area contributed by atoms with Crippen molar-refractivity contribution in [1.29, 1.82) is 0 Å². The average molecular weight is 296 g/mol. The molecule has 3 aromatic rings. The molecule has 21 heavy (non-hydrogen) atoms. The lowest BCUT2D eigenvalue weighted by atomic mass is 9.97. The van der Waals surface area contributed by atoms with Crippen LogP contribution in [0.25, 0.3) is 10.2 Å². The number of nitrogens with two attached hydrogens (primary N) is 1. The van der Waals surface area contributed by atoms with Gasteiger partial charge >= 0.3 is 0 Å². The molecule has 0 bridgehead atoms. The van der Waals surface area contributed by atoms with E-state index in [1.54, 1.807) is 6.33 Å². The summed E-state index contributed by atoms with van der Waals surface area (Å²) in [6.45, 7) is 0. The molecule has 1 aliphatic carbocycles. The molecule has 0 spiro atoms. The molecule has 0 saturated carbocycles. The van der Waals surface area contributed by atoms with Gasteiger partial charge < -0.3 is 11.1 Å². The van der Waals surface area contributed by atoms with Crippen molar-refractivity contribution in [2.75, 3.05) is 11.1 Å². The minimum absolute atomic E-state index is 0.765. The molecule has 0 amide bonds. The van der Waals surface area contributed by atoms with Crippen molar-refractivity contribution in [2.24, 2.45) is 0 Å². The molecular formula is C16H16N4S. The smallest absolute Gasteiger partial charge is 0.142 e. The summed E-state index contributed by atoms with van der Waals surface area (Å²) < 4.78 is 0. The third kappa shape index (κ3) is 2.23. The van der Waals surface area contributed by atoms with Crippen LogP contribution in [0.5, 0.6) is 0 Å². The molecule has 3 N–H and O–H groups in total. The van der Waals surface area contributed by atoms with Crippen LogP contribution in [0.3, 0.4) is 0 Å². The first-order chi connectivity index (χ1) is 10.3. The third-order valence-electron chi connectivity index (χ3n) is 3.92. The Bertz CT molecular complexity index is 792. The zero-order chi connectivity index (χ0) is 14.2. The van der Waals surface area contributed by atoms with Gasteiger partial charge in [0.2, 0.25) is 0 Å². The minimum Gasteiger partial charge on any atom is -0.399 e. The number of nitrogens with zero attached hydrogens (tertiary/aromatic N) is 2. The summed E-state index contributed by atoms with van der Waals surface area (Å²) in [5.41, 5.74) is 8.94. The van der Waals surface area contributed by atoms with E-state index in [0.29, 0.717) is 0 Å². The molecule has 2 aromatic heterocycles. The number of anilines is 3. The number of rotatable bonds is 2. The topological polar surface area (TPSA) is 63.8 Å². The minimum atomic E-state index is 0.765. The van der Waals surface area contributed by atoms with Gasteiger partial charge in [-0.05, 0) is 55.5 Å². The van der Waals surface area contributed by atoms with Crippen LogP contribution in [-0.2, 0) is 12.8 Å². The number of thiophene rings is 1. The highest BCUT2D eigenvalue weighted by Crippen LogP contribution is 2.38. The molecule has 106 valence electrons. The number of aryl methyl sites for hydroxylation is 2. The Morgan fingerprint density at radius 3 is 2.71 bits per heavy atom. The first-order valence-corrected chi connectivity index (χ1v) is 8.01. The summed E-state index contributed by atoms with van der Waals surface area (Å²) in [7, 11) is 0. The Balaban J connectivity index is 1.81. The highest BCUT2D eigenvalue weighted by molar-refractivity contribution is 7.19. The van der Waals surface area contributed by atoms with Gasteiger partial charge in [0.05, 0.1) is 5.39 Å². The van der Waals surface area contributed by atoms with E-state index in [4.69, 9.17) is 5.73 Å². The summed E-state index contributed by atoms with van der Waals surface area (Å²) >= 11 is 1.82. The van der Waals surface area contributed by atoms with Crippen molar-refractivity contribution in [3.8, 4) is 0 Å². The first-order valence-electron chi connectivity index (χ1n) is 7.19. The number of benzene rings is 1. The molecule has 4 nitrogen and oxygen atoms in total. The van der Waals surface area contributed by atoms with Crippen LogP contribution in [0.15, 0.2) is 30.6 Å². The van der Waals surface area contributed by atoms with Crippen LogP contribution < -0.4 is 11.1 Å². The standard InChI is InChI=1S/C16H16N4S/c17-10-5-7-11(8-6-10)20-15-14-12-3-1-2-4-13(12)21-16(14)19-9-18-15/h5-9H,1-4,17H2,(H,18,19,20). The monoisotopic (exact) mass is 296 g/mol. The molecular weight excluding hydrogens is 280 g/mol. The van der Waals surface area contributed by atoms with E-state index in [1.165, 1.54) is 35.1 Å². The molecule has 0 aliphatic heterocycles. The van der Waals surface area contributed by atoms with Gasteiger partial charge in [0.15, 0.2) is 0 Å². The molecule has 5 heteroatoms. The Hall–Kier alpha value is -2.14. The molecule has 0 unspecified atom stereocenters. The predicted molar refractivity (Wildman–Crippen MR) is 88.2 cm³/mol. The van der Waals surface area contributed by atoms with E-state index in [0.717, 1.165) is 28.4 Å². The predicted octanol–water partition coefficient (Wildman–Crippen LogP) is 3.90. The van der Waals surface area contributed by atoms with Crippen LogP contribution in [0, 0.1) is 0 Å². The molecule has 0 saturated heterocycles. The number of hydrogen-bond donors (Lipinski definition) is 2. The quantitative estimate of drug-likeness (QED) is 0.704. The van der Waals surface area contributed by atoms with Gasteiger partial charge in [0.25, 0.3) is 0 Å². The van der Waals surface area contributed by atoms with Crippen molar-refractivity contribution in [1.82, 2.24) is 9.97 Å². The van der Waals surface area contributed by atoms with E-state index < -0.39 is 0 Å². The van der Waals surface area contributed by atoms with Gasteiger partial charge in [0.1, 0.15) is 17.0 Å². The maximum atomic E-state index is 5.73. The number of fused-ring (bicyclic) bond motifs is 3. The second-order valence-corrected chi connectivity index (χ2v) is 6.44. The maximum Gasteiger partial charge on any atom is 0.142 e. The Labute approximate surface area is 127 Å². The zero-order valence-corrected chi connectivity index (χ0v) is 12.4. The van der Waals surface area contributed by atoms with Crippen LogP contribution in [-0.4, -0.2) is 9.97 Å². The van der Waals surface area contributed by atoms with Crippen molar-refractivity contribution >= 4 is 38.7 Å². The number of aromatic nitrogens is 2. The lowest BCUT2D eigenvalue weighted by molar-refractivity contribution is 0.700. The van der Waals surface area contributed by atoms with Crippen LogP contribution in [0.2, 0.25) is 0 Å².